The number of halogens is 1. The third kappa shape index (κ3) is 5.79. The van der Waals surface area contributed by atoms with Crippen molar-refractivity contribution < 1.29 is 9.53 Å². The summed E-state index contributed by atoms with van der Waals surface area (Å²) in [5.74, 6) is 1.60. The van der Waals surface area contributed by atoms with Crippen LogP contribution < -0.4 is 10.6 Å². The van der Waals surface area contributed by atoms with E-state index < -0.39 is 11.7 Å². The van der Waals surface area contributed by atoms with Crippen molar-refractivity contribution in [3.8, 4) is 11.4 Å². The van der Waals surface area contributed by atoms with Crippen molar-refractivity contribution in [1.29, 1.82) is 0 Å². The van der Waals surface area contributed by atoms with Crippen LogP contribution in [0.4, 0.5) is 10.7 Å². The summed E-state index contributed by atoms with van der Waals surface area (Å²) in [5.41, 5.74) is 1.79. The van der Waals surface area contributed by atoms with Gasteiger partial charge in [-0.05, 0) is 58.7 Å². The minimum Gasteiger partial charge on any atom is -0.444 e. The van der Waals surface area contributed by atoms with Crippen molar-refractivity contribution in [1.82, 2.24) is 20.3 Å². The molecule has 0 saturated carbocycles. The molecule has 3 rings (SSSR count). The molecule has 0 saturated heterocycles. The lowest BCUT2D eigenvalue weighted by Crippen LogP contribution is -2.34. The number of amidine groups is 1. The molecule has 1 aliphatic heterocycles. The highest BCUT2D eigenvalue weighted by Crippen LogP contribution is 2.32. The number of alkyl carbamates (subject to hydrolysis) is 1. The van der Waals surface area contributed by atoms with E-state index in [1.807, 2.05) is 65.8 Å². The van der Waals surface area contributed by atoms with Crippen molar-refractivity contribution in [3.63, 3.8) is 0 Å². The van der Waals surface area contributed by atoms with Crippen LogP contribution in [0, 0.1) is 6.92 Å². The summed E-state index contributed by atoms with van der Waals surface area (Å²) < 4.78 is 5.33. The number of hydrogen-bond acceptors (Lipinski definition) is 7. The Labute approximate surface area is 187 Å². The topological polar surface area (TPSA) is 101 Å². The van der Waals surface area contributed by atoms with Crippen LogP contribution in [0.3, 0.4) is 0 Å². The third-order valence-corrected chi connectivity index (χ3v) is 5.05. The van der Waals surface area contributed by atoms with Crippen LogP contribution in [-0.2, 0) is 4.74 Å². The zero-order valence-electron chi connectivity index (χ0n) is 18.5. The molecule has 1 aromatic carbocycles. The van der Waals surface area contributed by atoms with Gasteiger partial charge >= 0.3 is 6.09 Å². The minimum absolute atomic E-state index is 0.133. The van der Waals surface area contributed by atoms with E-state index in [4.69, 9.17) is 16.3 Å². The molecule has 2 N–H and O–H groups in total. The van der Waals surface area contributed by atoms with E-state index in [0.29, 0.717) is 22.6 Å². The maximum atomic E-state index is 12.1. The molecule has 0 radical (unpaired) electrons. The van der Waals surface area contributed by atoms with Gasteiger partial charge in [0.2, 0.25) is 5.95 Å². The molecule has 0 bridgehead atoms. The van der Waals surface area contributed by atoms with E-state index in [1.54, 1.807) is 0 Å². The Morgan fingerprint density at radius 3 is 2.65 bits per heavy atom. The fraction of sp³-hybridized carbons (Fsp3) is 0.409. The van der Waals surface area contributed by atoms with Crippen LogP contribution in [0.25, 0.3) is 11.4 Å². The Kier molecular flexibility index (Phi) is 6.59. The monoisotopic (exact) mass is 442 g/mol. The smallest absolute Gasteiger partial charge is 0.408 e. The number of carbonyl (C=O) groups is 1. The molecule has 31 heavy (non-hydrogen) atoms. The average molecular weight is 443 g/mol. The zero-order chi connectivity index (χ0) is 22.8. The largest absolute Gasteiger partial charge is 0.444 e. The molecule has 164 valence electrons. The standard InChI is InChI=1S/C22H27ClN6O2/c1-12-7-10-17(26-12)28-20-25-11-24-19(29-20)15-8-9-16(18(23)13(15)2)14(3)27-21(30)31-22(4,5)6/h7-12,14H,1-6H3,(H,27,30)(H,24,25,26,28,29). The van der Waals surface area contributed by atoms with E-state index >= 15 is 0 Å². The third-order valence-electron chi connectivity index (χ3n) is 4.54. The molecule has 2 unspecified atom stereocenters. The number of aromatic nitrogens is 3. The highest BCUT2D eigenvalue weighted by atomic mass is 35.5. The molecule has 2 aromatic rings. The van der Waals surface area contributed by atoms with Crippen LogP contribution in [0.15, 0.2) is 35.6 Å². The number of aliphatic imine (C=N–C) groups is 1. The summed E-state index contributed by atoms with van der Waals surface area (Å²) in [7, 11) is 0. The molecule has 0 spiro atoms. The fourth-order valence-electron chi connectivity index (χ4n) is 3.06. The van der Waals surface area contributed by atoms with Gasteiger partial charge in [0, 0.05) is 10.6 Å². The number of hydrogen-bond donors (Lipinski definition) is 2. The van der Waals surface area contributed by atoms with Crippen LogP contribution in [0.5, 0.6) is 0 Å². The van der Waals surface area contributed by atoms with E-state index in [0.717, 1.165) is 16.7 Å². The Morgan fingerprint density at radius 1 is 1.26 bits per heavy atom. The first kappa shape index (κ1) is 22.7. The van der Waals surface area contributed by atoms with E-state index in [1.165, 1.54) is 6.33 Å². The number of carbonyl (C=O) groups excluding carboxylic acids is 1. The Hall–Kier alpha value is -3.00. The fourth-order valence-corrected chi connectivity index (χ4v) is 3.38. The number of anilines is 1. The molecule has 9 heteroatoms. The van der Waals surface area contributed by atoms with Crippen molar-refractivity contribution in [2.24, 2.45) is 4.99 Å². The second-order valence-electron chi connectivity index (χ2n) is 8.38. The van der Waals surface area contributed by atoms with Crippen LogP contribution in [0.2, 0.25) is 5.02 Å². The minimum atomic E-state index is -0.574. The molecule has 0 fully saturated rings. The molecule has 2 heterocycles. The maximum Gasteiger partial charge on any atom is 0.408 e. The molecule has 8 nitrogen and oxygen atoms in total. The van der Waals surface area contributed by atoms with Gasteiger partial charge in [-0.25, -0.2) is 14.8 Å². The van der Waals surface area contributed by atoms with Crippen LogP contribution in [0.1, 0.15) is 51.8 Å². The molecule has 1 amide bonds. The Balaban J connectivity index is 1.80. The van der Waals surface area contributed by atoms with E-state index in [2.05, 4.69) is 30.6 Å². The van der Waals surface area contributed by atoms with Gasteiger partial charge in [0.25, 0.3) is 0 Å². The number of ether oxygens (including phenoxy) is 1. The SMILES string of the molecule is Cc1c(-c2ncnc(NC3=NC(C)C=C3)n2)ccc(C(C)NC(=O)OC(C)(C)C)c1Cl. The summed E-state index contributed by atoms with van der Waals surface area (Å²) in [6.45, 7) is 11.2. The molecule has 2 atom stereocenters. The van der Waals surface area contributed by atoms with Gasteiger partial charge in [-0.3, -0.25) is 4.99 Å². The first-order chi connectivity index (χ1) is 14.5. The second-order valence-corrected chi connectivity index (χ2v) is 8.76. The number of rotatable bonds is 4. The Morgan fingerprint density at radius 2 is 2.00 bits per heavy atom. The number of benzene rings is 1. The summed E-state index contributed by atoms with van der Waals surface area (Å²) in [6, 6.07) is 3.54. The molecule has 1 aliphatic rings. The van der Waals surface area contributed by atoms with Gasteiger partial charge < -0.3 is 15.4 Å². The lowest BCUT2D eigenvalue weighted by atomic mass is 10.0. The lowest BCUT2D eigenvalue weighted by molar-refractivity contribution is 0.0508. The summed E-state index contributed by atoms with van der Waals surface area (Å²) in [6.07, 6.45) is 4.83. The van der Waals surface area contributed by atoms with Gasteiger partial charge in [0.05, 0.1) is 12.1 Å². The summed E-state index contributed by atoms with van der Waals surface area (Å²) in [5, 5.41) is 6.44. The maximum absolute atomic E-state index is 12.1. The van der Waals surface area contributed by atoms with E-state index in [9.17, 15) is 4.79 Å². The van der Waals surface area contributed by atoms with Crippen molar-refractivity contribution in [2.45, 2.75) is 59.2 Å². The van der Waals surface area contributed by atoms with Crippen molar-refractivity contribution >= 4 is 29.5 Å². The van der Waals surface area contributed by atoms with Gasteiger partial charge in [-0.1, -0.05) is 29.8 Å². The molecule has 0 aliphatic carbocycles. The van der Waals surface area contributed by atoms with Gasteiger partial charge in [-0.2, -0.15) is 4.98 Å². The number of nitrogens with zero attached hydrogens (tertiary/aromatic N) is 4. The first-order valence-electron chi connectivity index (χ1n) is 10.0. The lowest BCUT2D eigenvalue weighted by Gasteiger charge is -2.23. The van der Waals surface area contributed by atoms with Crippen molar-refractivity contribution in [3.05, 3.63) is 46.8 Å². The van der Waals surface area contributed by atoms with Crippen molar-refractivity contribution in [2.75, 3.05) is 5.32 Å². The Bertz CT molecular complexity index is 1040. The predicted octanol–water partition coefficient (Wildman–Crippen LogP) is 4.85. The van der Waals surface area contributed by atoms with Gasteiger partial charge in [-0.15, -0.1) is 0 Å². The van der Waals surface area contributed by atoms with E-state index in [-0.39, 0.29) is 12.1 Å². The zero-order valence-corrected chi connectivity index (χ0v) is 19.3. The summed E-state index contributed by atoms with van der Waals surface area (Å²) in [4.78, 5) is 29.5. The number of amides is 1. The predicted molar refractivity (Wildman–Crippen MR) is 122 cm³/mol. The number of nitrogens with one attached hydrogen (secondary N) is 2. The molecule has 1 aromatic heterocycles. The van der Waals surface area contributed by atoms with Gasteiger partial charge in [0.15, 0.2) is 5.82 Å². The summed E-state index contributed by atoms with van der Waals surface area (Å²) >= 11 is 6.65. The molecular weight excluding hydrogens is 416 g/mol. The highest BCUT2D eigenvalue weighted by molar-refractivity contribution is 6.32. The normalized spacial score (nSPS) is 16.6. The average Bonchev–Trinajstić information content (AvgIpc) is 3.07. The second kappa shape index (κ2) is 9.01. The molecular formula is C22H27ClN6O2. The quantitative estimate of drug-likeness (QED) is 0.701. The highest BCUT2D eigenvalue weighted by Gasteiger charge is 2.21. The van der Waals surface area contributed by atoms with Crippen LogP contribution >= 0.6 is 11.6 Å². The first-order valence-corrected chi connectivity index (χ1v) is 10.4. The van der Waals surface area contributed by atoms with Gasteiger partial charge in [0.1, 0.15) is 17.8 Å². The van der Waals surface area contributed by atoms with Crippen LogP contribution in [-0.4, -0.2) is 38.5 Å².